The Morgan fingerprint density at radius 3 is 2.71 bits per heavy atom. The summed E-state index contributed by atoms with van der Waals surface area (Å²) in [5.74, 6) is 0.735. The van der Waals surface area contributed by atoms with Gasteiger partial charge >= 0.3 is 0 Å². The maximum Gasteiger partial charge on any atom is 0.247 e. The number of hydrogen-bond donors (Lipinski definition) is 0. The van der Waals surface area contributed by atoms with E-state index in [1.807, 2.05) is 48.5 Å². The molecule has 2 aromatic heterocycles. The van der Waals surface area contributed by atoms with Crippen LogP contribution in [0.3, 0.4) is 0 Å². The van der Waals surface area contributed by atoms with Gasteiger partial charge in [-0.3, -0.25) is 9.78 Å². The normalized spacial score (nSPS) is 13.7. The minimum absolute atomic E-state index is 0.0818. The van der Waals surface area contributed by atoms with Crippen molar-refractivity contribution in [3.8, 4) is 11.5 Å². The molecular formula is C24H19ClN4O2. The summed E-state index contributed by atoms with van der Waals surface area (Å²) >= 11 is 5.93. The highest BCUT2D eigenvalue weighted by atomic mass is 35.5. The molecule has 154 valence electrons. The van der Waals surface area contributed by atoms with Crippen LogP contribution < -0.4 is 0 Å². The first kappa shape index (κ1) is 19.5. The number of rotatable bonds is 6. The summed E-state index contributed by atoms with van der Waals surface area (Å²) in [6.45, 7) is 0.280. The van der Waals surface area contributed by atoms with Crippen molar-refractivity contribution in [3.63, 3.8) is 0 Å². The van der Waals surface area contributed by atoms with Crippen LogP contribution in [0.25, 0.3) is 28.4 Å². The van der Waals surface area contributed by atoms with Crippen molar-refractivity contribution in [2.45, 2.75) is 25.4 Å². The number of benzene rings is 2. The van der Waals surface area contributed by atoms with Crippen LogP contribution in [-0.2, 0) is 11.3 Å². The number of nitrogens with zero attached hydrogens (tertiary/aromatic N) is 4. The summed E-state index contributed by atoms with van der Waals surface area (Å²) in [7, 11) is 0. The lowest BCUT2D eigenvalue weighted by molar-refractivity contribution is -0.127. The summed E-state index contributed by atoms with van der Waals surface area (Å²) in [6, 6.07) is 17.2. The fourth-order valence-electron chi connectivity index (χ4n) is 3.46. The van der Waals surface area contributed by atoms with E-state index in [0.717, 1.165) is 34.9 Å². The first-order valence-corrected chi connectivity index (χ1v) is 10.5. The quantitative estimate of drug-likeness (QED) is 0.396. The third-order valence-corrected chi connectivity index (χ3v) is 5.46. The van der Waals surface area contributed by atoms with E-state index in [-0.39, 0.29) is 18.5 Å². The third kappa shape index (κ3) is 4.34. The second kappa shape index (κ2) is 8.32. The Morgan fingerprint density at radius 1 is 1.10 bits per heavy atom. The van der Waals surface area contributed by atoms with Gasteiger partial charge in [-0.1, -0.05) is 35.9 Å². The zero-order valence-electron chi connectivity index (χ0n) is 16.6. The molecule has 1 fully saturated rings. The molecule has 0 saturated heterocycles. The monoisotopic (exact) mass is 430 g/mol. The first-order chi connectivity index (χ1) is 15.2. The Morgan fingerprint density at radius 2 is 1.90 bits per heavy atom. The average molecular weight is 431 g/mol. The SMILES string of the molecule is O=C(C=Cc1cccc2cccnc12)N(Cc1nnc(-c2ccc(Cl)cc2)o1)C1CC1. The molecule has 0 unspecified atom stereocenters. The predicted octanol–water partition coefficient (Wildman–Crippen LogP) is 5.14. The molecule has 5 rings (SSSR count). The van der Waals surface area contributed by atoms with Crippen LogP contribution in [0.15, 0.2) is 71.3 Å². The Bertz CT molecular complexity index is 1260. The summed E-state index contributed by atoms with van der Waals surface area (Å²) in [6.07, 6.45) is 7.13. The van der Waals surface area contributed by atoms with E-state index in [0.29, 0.717) is 16.8 Å². The molecule has 1 saturated carbocycles. The number of hydrogen-bond acceptors (Lipinski definition) is 5. The van der Waals surface area contributed by atoms with Gasteiger partial charge in [-0.2, -0.15) is 0 Å². The highest BCUT2D eigenvalue weighted by molar-refractivity contribution is 6.30. The summed E-state index contributed by atoms with van der Waals surface area (Å²) in [5.41, 5.74) is 2.57. The molecule has 0 radical (unpaired) electrons. The van der Waals surface area contributed by atoms with E-state index >= 15 is 0 Å². The van der Waals surface area contributed by atoms with Crippen LogP contribution >= 0.6 is 11.6 Å². The van der Waals surface area contributed by atoms with Crippen molar-refractivity contribution in [1.29, 1.82) is 0 Å². The first-order valence-electron chi connectivity index (χ1n) is 10.1. The average Bonchev–Trinajstić information content (AvgIpc) is 3.54. The molecule has 1 aliphatic carbocycles. The topological polar surface area (TPSA) is 72.1 Å². The molecule has 2 aromatic carbocycles. The molecule has 31 heavy (non-hydrogen) atoms. The lowest BCUT2D eigenvalue weighted by Gasteiger charge is -2.18. The van der Waals surface area contributed by atoms with Gasteiger partial charge in [-0.25, -0.2) is 0 Å². The minimum atomic E-state index is -0.0818. The zero-order chi connectivity index (χ0) is 21.2. The number of amides is 1. The molecule has 1 aliphatic rings. The van der Waals surface area contributed by atoms with Crippen molar-refractivity contribution < 1.29 is 9.21 Å². The predicted molar refractivity (Wildman–Crippen MR) is 119 cm³/mol. The number of halogens is 1. The standard InChI is InChI=1S/C24H19ClN4O2/c25-19-9-6-18(7-10-19)24-28-27-21(31-24)15-29(20-11-12-20)22(30)13-8-17-4-1-3-16-5-2-14-26-23(16)17/h1-10,13-14,20H,11-12,15H2. The van der Waals surface area contributed by atoms with Gasteiger partial charge in [0.25, 0.3) is 0 Å². The summed E-state index contributed by atoms with van der Waals surface area (Å²) in [4.78, 5) is 19.2. The molecule has 0 N–H and O–H groups in total. The maximum atomic E-state index is 13.0. The van der Waals surface area contributed by atoms with Crippen LogP contribution in [0.5, 0.6) is 0 Å². The zero-order valence-corrected chi connectivity index (χ0v) is 17.4. The van der Waals surface area contributed by atoms with Gasteiger partial charge in [0.2, 0.25) is 17.7 Å². The lowest BCUT2D eigenvalue weighted by atomic mass is 10.1. The largest absolute Gasteiger partial charge is 0.419 e. The Balaban J connectivity index is 1.34. The van der Waals surface area contributed by atoms with Crippen molar-refractivity contribution in [3.05, 3.63) is 83.3 Å². The molecule has 6 nitrogen and oxygen atoms in total. The summed E-state index contributed by atoms with van der Waals surface area (Å²) < 4.78 is 5.80. The van der Waals surface area contributed by atoms with E-state index < -0.39 is 0 Å². The smallest absolute Gasteiger partial charge is 0.247 e. The van der Waals surface area contributed by atoms with Crippen LogP contribution in [0.4, 0.5) is 0 Å². The van der Waals surface area contributed by atoms with Gasteiger partial charge in [0.05, 0.1) is 12.1 Å². The molecule has 0 aliphatic heterocycles. The van der Waals surface area contributed by atoms with Gasteiger partial charge < -0.3 is 9.32 Å². The Hall–Kier alpha value is -3.51. The van der Waals surface area contributed by atoms with Gasteiger partial charge in [0.15, 0.2) is 0 Å². The Labute approximate surface area is 184 Å². The van der Waals surface area contributed by atoms with E-state index in [1.165, 1.54) is 0 Å². The summed E-state index contributed by atoms with van der Waals surface area (Å²) in [5, 5.41) is 9.92. The molecule has 0 atom stereocenters. The number of fused-ring (bicyclic) bond motifs is 1. The highest BCUT2D eigenvalue weighted by Crippen LogP contribution is 2.29. The maximum absolute atomic E-state index is 13.0. The second-order valence-corrected chi connectivity index (χ2v) is 7.90. The lowest BCUT2D eigenvalue weighted by Crippen LogP contribution is -2.31. The van der Waals surface area contributed by atoms with Crippen molar-refractivity contribution in [1.82, 2.24) is 20.1 Å². The fraction of sp³-hybridized carbons (Fsp3) is 0.167. The van der Waals surface area contributed by atoms with E-state index in [4.69, 9.17) is 16.0 Å². The fourth-order valence-corrected chi connectivity index (χ4v) is 3.59. The molecule has 1 amide bonds. The molecule has 7 heteroatoms. The van der Waals surface area contributed by atoms with Gasteiger partial charge in [-0.05, 0) is 49.2 Å². The van der Waals surface area contributed by atoms with Gasteiger partial charge in [0, 0.05) is 39.9 Å². The van der Waals surface area contributed by atoms with Crippen LogP contribution in [0.1, 0.15) is 24.3 Å². The number of pyridine rings is 1. The minimum Gasteiger partial charge on any atom is -0.419 e. The molecular weight excluding hydrogens is 412 g/mol. The van der Waals surface area contributed by atoms with Crippen molar-refractivity contribution in [2.24, 2.45) is 0 Å². The third-order valence-electron chi connectivity index (χ3n) is 5.20. The number of para-hydroxylation sites is 1. The van der Waals surface area contributed by atoms with Crippen molar-refractivity contribution in [2.75, 3.05) is 0 Å². The number of carbonyl (C=O) groups is 1. The van der Waals surface area contributed by atoms with Crippen LogP contribution in [-0.4, -0.2) is 32.0 Å². The molecule has 4 aromatic rings. The van der Waals surface area contributed by atoms with Crippen molar-refractivity contribution >= 4 is 34.5 Å². The molecule has 2 heterocycles. The number of aromatic nitrogens is 3. The molecule has 0 spiro atoms. The van der Waals surface area contributed by atoms with Crippen LogP contribution in [0.2, 0.25) is 5.02 Å². The van der Waals surface area contributed by atoms with Gasteiger partial charge in [0.1, 0.15) is 0 Å². The molecule has 0 bridgehead atoms. The second-order valence-electron chi connectivity index (χ2n) is 7.46. The number of carbonyl (C=O) groups excluding carboxylic acids is 1. The van der Waals surface area contributed by atoms with E-state index in [1.54, 1.807) is 29.3 Å². The van der Waals surface area contributed by atoms with Gasteiger partial charge in [-0.15, -0.1) is 10.2 Å². The van der Waals surface area contributed by atoms with E-state index in [9.17, 15) is 4.79 Å². The van der Waals surface area contributed by atoms with E-state index in [2.05, 4.69) is 15.2 Å². The van der Waals surface area contributed by atoms with Crippen LogP contribution in [0, 0.1) is 0 Å². The highest BCUT2D eigenvalue weighted by Gasteiger charge is 2.32. The Kier molecular flexibility index (Phi) is 5.22.